The van der Waals surface area contributed by atoms with Gasteiger partial charge in [0.2, 0.25) is 0 Å². The lowest BCUT2D eigenvalue weighted by molar-refractivity contribution is -0.140. The zero-order chi connectivity index (χ0) is 18.7. The molecule has 8 nitrogen and oxygen atoms in total. The van der Waals surface area contributed by atoms with Gasteiger partial charge in [-0.3, -0.25) is 9.36 Å². The minimum absolute atomic E-state index is 0.152. The number of methoxy groups -OCH3 is 1. The number of hydrogen-bond acceptors (Lipinski definition) is 8. The fourth-order valence-electron chi connectivity index (χ4n) is 2.51. The number of esters is 1. The van der Waals surface area contributed by atoms with Crippen molar-refractivity contribution in [2.45, 2.75) is 30.3 Å². The maximum Gasteiger partial charge on any atom is 0.319 e. The second kappa shape index (κ2) is 7.61. The van der Waals surface area contributed by atoms with Crippen molar-refractivity contribution >= 4 is 34.7 Å². The summed E-state index contributed by atoms with van der Waals surface area (Å²) in [4.78, 5) is 24.6. The number of carbonyl (C=O) groups excluding carboxylic acids is 1. The first-order valence-electron chi connectivity index (χ1n) is 8.04. The highest BCUT2D eigenvalue weighted by Gasteiger charge is 2.22. The Morgan fingerprint density at radius 1 is 1.31 bits per heavy atom. The number of thioether (sulfide) groups is 1. The van der Waals surface area contributed by atoms with E-state index in [2.05, 4.69) is 15.0 Å². The zero-order valence-corrected chi connectivity index (χ0v) is 15.2. The van der Waals surface area contributed by atoms with Gasteiger partial charge in [0.25, 0.3) is 6.01 Å². The van der Waals surface area contributed by atoms with Crippen LogP contribution in [0, 0.1) is 0 Å². The Hall–Kier alpha value is -2.81. The molecule has 1 unspecified atom stereocenters. The predicted octanol–water partition coefficient (Wildman–Crippen LogP) is 2.21. The second-order valence-electron chi connectivity index (χ2n) is 5.59. The molecule has 1 aromatic carbocycles. The fraction of sp³-hybridized carbons (Fsp3) is 0.294. The van der Waals surface area contributed by atoms with E-state index in [1.165, 1.54) is 18.9 Å². The van der Waals surface area contributed by atoms with Crippen molar-refractivity contribution < 1.29 is 14.6 Å². The van der Waals surface area contributed by atoms with E-state index in [0.29, 0.717) is 29.3 Å². The molecular weight excluding hydrogens is 354 g/mol. The number of fused-ring (bicyclic) bond motifs is 1. The molecule has 3 rings (SSSR count). The molecule has 0 saturated heterocycles. The lowest BCUT2D eigenvalue weighted by Crippen LogP contribution is -2.18. The number of ether oxygens (including phenoxy) is 1. The number of nitrogen functional groups attached to an aromatic ring is 1. The molecule has 26 heavy (non-hydrogen) atoms. The van der Waals surface area contributed by atoms with Crippen LogP contribution in [0.5, 0.6) is 6.01 Å². The van der Waals surface area contributed by atoms with Gasteiger partial charge in [-0.25, -0.2) is 9.97 Å². The molecular formula is C17H19N5O3S. The first-order valence-corrected chi connectivity index (χ1v) is 8.92. The van der Waals surface area contributed by atoms with Crippen molar-refractivity contribution in [3.63, 3.8) is 0 Å². The summed E-state index contributed by atoms with van der Waals surface area (Å²) in [5, 5.41) is 10.1. The number of anilines is 1. The van der Waals surface area contributed by atoms with Crippen molar-refractivity contribution in [2.75, 3.05) is 12.8 Å². The van der Waals surface area contributed by atoms with Gasteiger partial charge in [-0.1, -0.05) is 49.0 Å². The van der Waals surface area contributed by atoms with Crippen LogP contribution in [0.25, 0.3) is 11.2 Å². The molecule has 3 N–H and O–H groups in total. The Balaban J connectivity index is 2.00. The van der Waals surface area contributed by atoms with E-state index >= 15 is 0 Å². The fourth-order valence-corrected chi connectivity index (χ4v) is 3.41. The molecule has 0 fully saturated rings. The average molecular weight is 373 g/mol. The molecule has 3 aromatic rings. The van der Waals surface area contributed by atoms with Gasteiger partial charge >= 0.3 is 5.97 Å². The monoisotopic (exact) mass is 373 g/mol. The number of hydrogen-bond donors (Lipinski definition) is 2. The van der Waals surface area contributed by atoms with Gasteiger partial charge in [0.05, 0.1) is 13.7 Å². The van der Waals surface area contributed by atoms with E-state index in [4.69, 9.17) is 10.5 Å². The van der Waals surface area contributed by atoms with Crippen LogP contribution >= 0.6 is 11.8 Å². The minimum atomic E-state index is -0.434. The molecule has 0 aliphatic carbocycles. The van der Waals surface area contributed by atoms with Gasteiger partial charge < -0.3 is 15.6 Å². The van der Waals surface area contributed by atoms with E-state index in [1.807, 2.05) is 37.3 Å². The molecule has 0 aliphatic rings. The van der Waals surface area contributed by atoms with Crippen molar-refractivity contribution in [3.05, 3.63) is 35.9 Å². The Morgan fingerprint density at radius 3 is 2.69 bits per heavy atom. The van der Waals surface area contributed by atoms with Gasteiger partial charge in [0.15, 0.2) is 22.1 Å². The van der Waals surface area contributed by atoms with Crippen molar-refractivity contribution in [2.24, 2.45) is 0 Å². The molecule has 2 heterocycles. The number of nitrogens with zero attached hydrogens (tertiary/aromatic N) is 4. The molecule has 0 aliphatic heterocycles. The van der Waals surface area contributed by atoms with Crippen LogP contribution in [0.2, 0.25) is 0 Å². The number of benzene rings is 1. The van der Waals surface area contributed by atoms with Gasteiger partial charge in [-0.2, -0.15) is 4.98 Å². The molecule has 0 amide bonds. The summed E-state index contributed by atoms with van der Waals surface area (Å²) < 4.78 is 6.36. The van der Waals surface area contributed by atoms with Gasteiger partial charge in [-0.15, -0.1) is 0 Å². The Morgan fingerprint density at radius 2 is 2.04 bits per heavy atom. The van der Waals surface area contributed by atoms with E-state index < -0.39 is 5.25 Å². The van der Waals surface area contributed by atoms with Gasteiger partial charge in [0, 0.05) is 0 Å². The zero-order valence-electron chi connectivity index (χ0n) is 14.4. The number of imidazole rings is 1. The summed E-state index contributed by atoms with van der Waals surface area (Å²) in [6.07, 6.45) is 0.563. The smallest absolute Gasteiger partial charge is 0.319 e. The number of aromatic nitrogens is 4. The molecule has 2 aromatic heterocycles. The highest BCUT2D eigenvalue weighted by molar-refractivity contribution is 8.00. The predicted molar refractivity (Wildman–Crippen MR) is 98.9 cm³/mol. The average Bonchev–Trinajstić information content (AvgIpc) is 2.96. The molecule has 0 spiro atoms. The molecule has 0 bridgehead atoms. The number of aromatic hydroxyl groups is 1. The summed E-state index contributed by atoms with van der Waals surface area (Å²) in [5.41, 5.74) is 7.72. The second-order valence-corrected chi connectivity index (χ2v) is 6.75. The summed E-state index contributed by atoms with van der Waals surface area (Å²) in [6.45, 7) is 2.26. The lowest BCUT2D eigenvalue weighted by atomic mass is 10.2. The Bertz CT molecular complexity index is 929. The van der Waals surface area contributed by atoms with Gasteiger partial charge in [0.1, 0.15) is 5.25 Å². The van der Waals surface area contributed by atoms with Crippen LogP contribution in [0.15, 0.2) is 35.5 Å². The number of carbonyl (C=O) groups is 1. The number of nitrogens with two attached hydrogens (primary N) is 1. The molecule has 136 valence electrons. The highest BCUT2D eigenvalue weighted by atomic mass is 32.2. The van der Waals surface area contributed by atoms with Crippen molar-refractivity contribution in [3.8, 4) is 6.01 Å². The first kappa shape index (κ1) is 18.0. The molecule has 1 atom stereocenters. The van der Waals surface area contributed by atoms with E-state index in [-0.39, 0.29) is 17.8 Å². The third kappa shape index (κ3) is 3.57. The maximum atomic E-state index is 11.8. The first-order chi connectivity index (χ1) is 12.5. The van der Waals surface area contributed by atoms with Crippen LogP contribution in [0.1, 0.15) is 18.9 Å². The van der Waals surface area contributed by atoms with Crippen LogP contribution in [-0.4, -0.2) is 43.0 Å². The van der Waals surface area contributed by atoms with Crippen LogP contribution < -0.4 is 5.73 Å². The third-order valence-electron chi connectivity index (χ3n) is 3.85. The standard InChI is InChI=1S/C17H19N5O3S/c1-3-11(15(23)25-2)26-16-20-13(18)12-14(21-16)22(17(24)19-12)9-10-7-5-4-6-8-10/h4-8,11H,3,9H2,1-2H3,(H,19,24)(H2,18,20,21). The van der Waals surface area contributed by atoms with E-state index in [1.54, 1.807) is 4.57 Å². The van der Waals surface area contributed by atoms with Crippen molar-refractivity contribution in [1.29, 1.82) is 0 Å². The SMILES string of the molecule is CCC(Sc1nc(N)c2nc(O)n(Cc3ccccc3)c2n1)C(=O)OC. The van der Waals surface area contributed by atoms with E-state index in [0.717, 1.165) is 5.56 Å². The normalized spacial score (nSPS) is 12.2. The van der Waals surface area contributed by atoms with E-state index in [9.17, 15) is 9.90 Å². The molecule has 9 heteroatoms. The molecule has 0 radical (unpaired) electrons. The number of rotatable bonds is 6. The van der Waals surface area contributed by atoms with Crippen LogP contribution in [-0.2, 0) is 16.1 Å². The molecule has 0 saturated carbocycles. The maximum absolute atomic E-state index is 11.8. The van der Waals surface area contributed by atoms with Crippen LogP contribution in [0.3, 0.4) is 0 Å². The van der Waals surface area contributed by atoms with Gasteiger partial charge in [-0.05, 0) is 12.0 Å². The largest absolute Gasteiger partial charge is 0.480 e. The quantitative estimate of drug-likeness (QED) is 0.384. The summed E-state index contributed by atoms with van der Waals surface area (Å²) in [7, 11) is 1.34. The van der Waals surface area contributed by atoms with Crippen LogP contribution in [0.4, 0.5) is 5.82 Å². The summed E-state index contributed by atoms with van der Waals surface area (Å²) in [5.74, 6) is -0.195. The Labute approximate surface area is 154 Å². The topological polar surface area (TPSA) is 116 Å². The summed E-state index contributed by atoms with van der Waals surface area (Å²) >= 11 is 1.18. The Kier molecular flexibility index (Phi) is 5.27. The summed E-state index contributed by atoms with van der Waals surface area (Å²) in [6, 6.07) is 9.44. The minimum Gasteiger partial charge on any atom is -0.480 e. The highest BCUT2D eigenvalue weighted by Crippen LogP contribution is 2.29. The van der Waals surface area contributed by atoms with Crippen molar-refractivity contribution in [1.82, 2.24) is 19.5 Å². The third-order valence-corrected chi connectivity index (χ3v) is 5.05. The lowest BCUT2D eigenvalue weighted by Gasteiger charge is -2.11.